The second-order valence-corrected chi connectivity index (χ2v) is 5.12. The summed E-state index contributed by atoms with van der Waals surface area (Å²) in [5.41, 5.74) is 8.03. The molecular weight excluding hydrogens is 260 g/mol. The molecule has 0 radical (unpaired) electrons. The lowest BCUT2D eigenvalue weighted by atomic mass is 10.1. The maximum absolute atomic E-state index is 11.6. The van der Waals surface area contributed by atoms with Crippen LogP contribution >= 0.6 is 11.8 Å². The van der Waals surface area contributed by atoms with Crippen LogP contribution < -0.4 is 11.4 Å². The Morgan fingerprint density at radius 3 is 2.89 bits per heavy atom. The molecule has 1 aromatic heterocycles. The van der Waals surface area contributed by atoms with Gasteiger partial charge in [-0.1, -0.05) is 30.8 Å². The van der Waals surface area contributed by atoms with E-state index >= 15 is 0 Å². The minimum Gasteiger partial charge on any atom is -0.423 e. The number of thioether (sulfide) groups is 1. The highest BCUT2D eigenvalue weighted by Gasteiger charge is 2.07. The zero-order valence-corrected chi connectivity index (χ0v) is 11.8. The van der Waals surface area contributed by atoms with E-state index < -0.39 is 0 Å². The van der Waals surface area contributed by atoms with Crippen molar-refractivity contribution in [3.63, 3.8) is 0 Å². The SMILES string of the molecule is CCc1ccc2c(CSC(N)=NC)cc(=O)oc2c1. The minimum atomic E-state index is -0.330. The van der Waals surface area contributed by atoms with Gasteiger partial charge in [0.1, 0.15) is 5.58 Å². The molecule has 2 N–H and O–H groups in total. The van der Waals surface area contributed by atoms with Gasteiger partial charge in [0.2, 0.25) is 0 Å². The number of amidine groups is 1. The molecule has 0 aliphatic rings. The molecule has 0 saturated heterocycles. The number of hydrogen-bond donors (Lipinski definition) is 1. The topological polar surface area (TPSA) is 68.6 Å². The standard InChI is InChI=1S/C14H16N2O2S/c1-3-9-4-5-11-10(8-19-14(15)16-2)7-13(17)18-12(11)6-9/h4-7H,3,8H2,1-2H3,(H2,15,16). The van der Waals surface area contributed by atoms with E-state index in [2.05, 4.69) is 11.9 Å². The van der Waals surface area contributed by atoms with Crippen molar-refractivity contribution in [2.24, 2.45) is 10.7 Å². The fourth-order valence-electron chi connectivity index (χ4n) is 1.83. The molecule has 0 saturated carbocycles. The van der Waals surface area contributed by atoms with Crippen molar-refractivity contribution in [1.29, 1.82) is 0 Å². The smallest absolute Gasteiger partial charge is 0.336 e. The van der Waals surface area contributed by atoms with E-state index in [0.29, 0.717) is 16.5 Å². The summed E-state index contributed by atoms with van der Waals surface area (Å²) in [6.07, 6.45) is 0.911. The second-order valence-electron chi connectivity index (χ2n) is 4.13. The van der Waals surface area contributed by atoms with Gasteiger partial charge >= 0.3 is 5.63 Å². The number of nitrogens with two attached hydrogens (primary N) is 1. The normalized spacial score (nSPS) is 12.0. The number of fused-ring (bicyclic) bond motifs is 1. The third-order valence-corrected chi connectivity index (χ3v) is 3.83. The van der Waals surface area contributed by atoms with Crippen LogP contribution in [0.4, 0.5) is 0 Å². The van der Waals surface area contributed by atoms with Gasteiger partial charge in [0.25, 0.3) is 0 Å². The second kappa shape index (κ2) is 5.93. The van der Waals surface area contributed by atoms with Gasteiger partial charge in [-0.3, -0.25) is 4.99 Å². The monoisotopic (exact) mass is 276 g/mol. The van der Waals surface area contributed by atoms with Crippen LogP contribution in [0.1, 0.15) is 18.1 Å². The van der Waals surface area contributed by atoms with Gasteiger partial charge in [-0.05, 0) is 23.6 Å². The van der Waals surface area contributed by atoms with Crippen molar-refractivity contribution in [3.05, 3.63) is 45.8 Å². The lowest BCUT2D eigenvalue weighted by Crippen LogP contribution is -2.07. The van der Waals surface area contributed by atoms with Crippen LogP contribution in [-0.2, 0) is 12.2 Å². The highest BCUT2D eigenvalue weighted by molar-refractivity contribution is 8.13. The first kappa shape index (κ1) is 13.7. The van der Waals surface area contributed by atoms with Crippen LogP contribution in [0, 0.1) is 0 Å². The van der Waals surface area contributed by atoms with E-state index in [9.17, 15) is 4.79 Å². The van der Waals surface area contributed by atoms with Crippen LogP contribution in [0.5, 0.6) is 0 Å². The summed E-state index contributed by atoms with van der Waals surface area (Å²) in [6, 6.07) is 7.48. The molecular formula is C14H16N2O2S. The molecule has 0 atom stereocenters. The molecule has 4 nitrogen and oxygen atoms in total. The highest BCUT2D eigenvalue weighted by atomic mass is 32.2. The third-order valence-electron chi connectivity index (χ3n) is 2.90. The largest absolute Gasteiger partial charge is 0.423 e. The number of aryl methyl sites for hydroxylation is 1. The predicted octanol–water partition coefficient (Wildman–Crippen LogP) is 2.53. The molecule has 0 aliphatic heterocycles. The number of rotatable bonds is 3. The molecule has 2 aromatic rings. The van der Waals surface area contributed by atoms with Crippen molar-refractivity contribution in [3.8, 4) is 0 Å². The fraction of sp³-hybridized carbons (Fsp3) is 0.286. The average Bonchev–Trinajstić information content (AvgIpc) is 2.43. The lowest BCUT2D eigenvalue weighted by molar-refractivity contribution is 0.559. The molecule has 0 amide bonds. The van der Waals surface area contributed by atoms with Crippen LogP contribution in [0.3, 0.4) is 0 Å². The van der Waals surface area contributed by atoms with Crippen LogP contribution in [0.25, 0.3) is 11.0 Å². The Labute approximate surface area is 115 Å². The lowest BCUT2D eigenvalue weighted by Gasteiger charge is -2.06. The zero-order valence-electron chi connectivity index (χ0n) is 11.0. The molecule has 5 heteroatoms. The molecule has 100 valence electrons. The van der Waals surface area contributed by atoms with Crippen molar-refractivity contribution >= 4 is 27.9 Å². The van der Waals surface area contributed by atoms with Gasteiger partial charge in [-0.15, -0.1) is 0 Å². The van der Waals surface area contributed by atoms with Crippen molar-refractivity contribution < 1.29 is 4.42 Å². The fourth-order valence-corrected chi connectivity index (χ4v) is 2.50. The summed E-state index contributed by atoms with van der Waals surface area (Å²) in [6.45, 7) is 2.07. The molecule has 1 heterocycles. The Bertz CT molecular complexity index is 677. The predicted molar refractivity (Wildman–Crippen MR) is 80.7 cm³/mol. The molecule has 0 aliphatic carbocycles. The molecule has 0 fully saturated rings. The van der Waals surface area contributed by atoms with Crippen LogP contribution in [0.15, 0.2) is 38.5 Å². The van der Waals surface area contributed by atoms with Gasteiger partial charge in [-0.2, -0.15) is 0 Å². The van der Waals surface area contributed by atoms with Crippen molar-refractivity contribution in [2.75, 3.05) is 7.05 Å². The Hall–Kier alpha value is -1.75. The van der Waals surface area contributed by atoms with Gasteiger partial charge in [0.15, 0.2) is 5.17 Å². The summed E-state index contributed by atoms with van der Waals surface area (Å²) in [7, 11) is 1.65. The van der Waals surface area contributed by atoms with E-state index in [4.69, 9.17) is 10.2 Å². The first-order valence-electron chi connectivity index (χ1n) is 6.04. The van der Waals surface area contributed by atoms with E-state index in [-0.39, 0.29) is 5.63 Å². The van der Waals surface area contributed by atoms with E-state index in [1.54, 1.807) is 7.05 Å². The number of benzene rings is 1. The Balaban J connectivity index is 2.45. The van der Waals surface area contributed by atoms with E-state index in [1.165, 1.54) is 17.8 Å². The Kier molecular flexibility index (Phi) is 4.27. The first-order chi connectivity index (χ1) is 9.13. The molecule has 0 unspecified atom stereocenters. The molecule has 1 aromatic carbocycles. The maximum atomic E-state index is 11.6. The van der Waals surface area contributed by atoms with Gasteiger partial charge in [0.05, 0.1) is 0 Å². The van der Waals surface area contributed by atoms with Gasteiger partial charge < -0.3 is 10.2 Å². The highest BCUT2D eigenvalue weighted by Crippen LogP contribution is 2.22. The summed E-state index contributed by atoms with van der Waals surface area (Å²) in [5.74, 6) is 0.608. The molecule has 19 heavy (non-hydrogen) atoms. The van der Waals surface area contributed by atoms with E-state index in [1.807, 2.05) is 18.2 Å². The molecule has 0 bridgehead atoms. The zero-order chi connectivity index (χ0) is 13.8. The number of nitrogens with zero attached hydrogens (tertiary/aromatic N) is 1. The molecule has 0 spiro atoms. The Morgan fingerprint density at radius 2 is 2.21 bits per heavy atom. The first-order valence-corrected chi connectivity index (χ1v) is 7.03. The molecule has 2 rings (SSSR count). The summed E-state index contributed by atoms with van der Waals surface area (Å²) >= 11 is 1.41. The average molecular weight is 276 g/mol. The quantitative estimate of drug-likeness (QED) is 0.531. The summed E-state index contributed by atoms with van der Waals surface area (Å²) in [5, 5.41) is 1.46. The van der Waals surface area contributed by atoms with Gasteiger partial charge in [-0.25, -0.2) is 4.79 Å². The number of aliphatic imine (C=N–C) groups is 1. The summed E-state index contributed by atoms with van der Waals surface area (Å²) < 4.78 is 5.25. The van der Waals surface area contributed by atoms with Crippen molar-refractivity contribution in [2.45, 2.75) is 19.1 Å². The third kappa shape index (κ3) is 3.17. The number of hydrogen-bond acceptors (Lipinski definition) is 4. The minimum absolute atomic E-state index is 0.330. The van der Waals surface area contributed by atoms with Crippen molar-refractivity contribution in [1.82, 2.24) is 0 Å². The van der Waals surface area contributed by atoms with Crippen LogP contribution in [-0.4, -0.2) is 12.2 Å². The maximum Gasteiger partial charge on any atom is 0.336 e. The summed E-state index contributed by atoms with van der Waals surface area (Å²) in [4.78, 5) is 15.5. The van der Waals surface area contributed by atoms with Crippen LogP contribution in [0.2, 0.25) is 0 Å². The Morgan fingerprint density at radius 1 is 1.42 bits per heavy atom. The van der Waals surface area contributed by atoms with E-state index in [0.717, 1.165) is 22.9 Å². The van der Waals surface area contributed by atoms with Gasteiger partial charge in [0, 0.05) is 24.3 Å².